The highest BCUT2D eigenvalue weighted by atomic mass is 32.2. The van der Waals surface area contributed by atoms with Gasteiger partial charge in [-0.2, -0.15) is 4.31 Å². The van der Waals surface area contributed by atoms with E-state index < -0.39 is 16.1 Å². The number of nitrogens with two attached hydrogens (primary N) is 1. The highest BCUT2D eigenvalue weighted by Gasteiger charge is 2.24. The number of methoxy groups -OCH3 is 1. The molecule has 0 aliphatic heterocycles. The first kappa shape index (κ1) is 13.8. The molecule has 0 aliphatic carbocycles. The zero-order valence-corrected chi connectivity index (χ0v) is 10.2. The molecule has 0 aromatic carbocycles. The summed E-state index contributed by atoms with van der Waals surface area (Å²) >= 11 is 4.72. The van der Waals surface area contributed by atoms with Gasteiger partial charge in [0.1, 0.15) is 0 Å². The Hall–Kier alpha value is -0.240. The second kappa shape index (κ2) is 5.59. The van der Waals surface area contributed by atoms with Gasteiger partial charge in [-0.1, -0.05) is 12.2 Å². The van der Waals surface area contributed by atoms with Crippen LogP contribution < -0.4 is 5.73 Å². The minimum atomic E-state index is -3.33. The topological polar surface area (TPSA) is 72.6 Å². The van der Waals surface area contributed by atoms with Gasteiger partial charge in [0, 0.05) is 14.2 Å². The summed E-state index contributed by atoms with van der Waals surface area (Å²) < 4.78 is 29.0. The predicted molar refractivity (Wildman–Crippen MR) is 59.7 cm³/mol. The van der Waals surface area contributed by atoms with Crippen LogP contribution in [0.1, 0.15) is 6.92 Å². The van der Waals surface area contributed by atoms with Crippen LogP contribution in [-0.4, -0.2) is 50.3 Å². The minimum Gasteiger partial charge on any atom is -0.392 e. The van der Waals surface area contributed by atoms with E-state index in [0.717, 1.165) is 4.31 Å². The van der Waals surface area contributed by atoms with Gasteiger partial charge in [0.2, 0.25) is 10.0 Å². The Morgan fingerprint density at radius 3 is 2.50 bits per heavy atom. The van der Waals surface area contributed by atoms with Crippen molar-refractivity contribution in [1.29, 1.82) is 0 Å². The molecule has 14 heavy (non-hydrogen) atoms. The van der Waals surface area contributed by atoms with Crippen molar-refractivity contribution in [3.8, 4) is 0 Å². The number of hydrogen-bond donors (Lipinski definition) is 1. The van der Waals surface area contributed by atoms with Gasteiger partial charge in [0.05, 0.1) is 23.4 Å². The maximum Gasteiger partial charge on any atom is 0.216 e. The fourth-order valence-corrected chi connectivity index (χ4v) is 2.24. The van der Waals surface area contributed by atoms with Crippen LogP contribution in [0.25, 0.3) is 0 Å². The lowest BCUT2D eigenvalue weighted by Gasteiger charge is -2.22. The summed E-state index contributed by atoms with van der Waals surface area (Å²) in [6.07, 6.45) is 0. The van der Waals surface area contributed by atoms with Crippen molar-refractivity contribution in [1.82, 2.24) is 4.31 Å². The fraction of sp³-hybridized carbons (Fsp3) is 0.857. The second-order valence-corrected chi connectivity index (χ2v) is 5.52. The van der Waals surface area contributed by atoms with E-state index >= 15 is 0 Å². The SMILES string of the molecule is COCCS(=O)(=O)N(C)C(C)C(N)=S. The van der Waals surface area contributed by atoms with Gasteiger partial charge in [0.15, 0.2) is 0 Å². The van der Waals surface area contributed by atoms with Crippen molar-refractivity contribution in [3.63, 3.8) is 0 Å². The van der Waals surface area contributed by atoms with E-state index in [1.54, 1.807) is 6.92 Å². The Morgan fingerprint density at radius 1 is 1.64 bits per heavy atom. The summed E-state index contributed by atoms with van der Waals surface area (Å²) in [6.45, 7) is 1.81. The van der Waals surface area contributed by atoms with Crippen LogP contribution >= 0.6 is 12.2 Å². The van der Waals surface area contributed by atoms with Crippen molar-refractivity contribution in [2.45, 2.75) is 13.0 Å². The van der Waals surface area contributed by atoms with Crippen LogP contribution in [0.3, 0.4) is 0 Å². The van der Waals surface area contributed by atoms with Gasteiger partial charge < -0.3 is 10.5 Å². The van der Waals surface area contributed by atoms with E-state index in [1.165, 1.54) is 14.2 Å². The van der Waals surface area contributed by atoms with Crippen LogP contribution in [-0.2, 0) is 14.8 Å². The largest absolute Gasteiger partial charge is 0.392 e. The summed E-state index contributed by atoms with van der Waals surface area (Å²) in [5.41, 5.74) is 5.36. The minimum absolute atomic E-state index is 0.0625. The zero-order valence-electron chi connectivity index (χ0n) is 8.56. The molecule has 0 saturated carbocycles. The average molecular weight is 240 g/mol. The van der Waals surface area contributed by atoms with Gasteiger partial charge in [-0.05, 0) is 6.92 Å². The van der Waals surface area contributed by atoms with Crippen LogP contribution in [0, 0.1) is 0 Å². The van der Waals surface area contributed by atoms with E-state index in [-0.39, 0.29) is 17.3 Å². The molecule has 2 N–H and O–H groups in total. The van der Waals surface area contributed by atoms with Gasteiger partial charge in [-0.15, -0.1) is 0 Å². The van der Waals surface area contributed by atoms with Gasteiger partial charge in [-0.25, -0.2) is 8.42 Å². The summed E-state index contributed by atoms with van der Waals surface area (Å²) in [5, 5.41) is 0. The standard InChI is InChI=1S/C7H16N2O3S2/c1-6(7(8)13)9(2)14(10,11)5-4-12-3/h6H,4-5H2,1-3H3,(H2,8,13). The molecule has 1 unspecified atom stereocenters. The smallest absolute Gasteiger partial charge is 0.216 e. The van der Waals surface area contributed by atoms with Crippen molar-refractivity contribution < 1.29 is 13.2 Å². The first-order valence-corrected chi connectivity index (χ1v) is 6.08. The summed E-state index contributed by atoms with van der Waals surface area (Å²) in [4.78, 5) is 0.161. The van der Waals surface area contributed by atoms with Gasteiger partial charge >= 0.3 is 0 Å². The number of nitrogens with zero attached hydrogens (tertiary/aromatic N) is 1. The highest BCUT2D eigenvalue weighted by Crippen LogP contribution is 2.04. The molecule has 0 heterocycles. The van der Waals surface area contributed by atoms with Crippen LogP contribution in [0.5, 0.6) is 0 Å². The molecule has 84 valence electrons. The normalized spacial score (nSPS) is 14.3. The molecule has 1 atom stereocenters. The lowest BCUT2D eigenvalue weighted by molar-refractivity contribution is 0.215. The molecule has 0 amide bonds. The van der Waals surface area contributed by atoms with E-state index in [9.17, 15) is 8.42 Å². The molecule has 0 fully saturated rings. The van der Waals surface area contributed by atoms with E-state index in [1.807, 2.05) is 0 Å². The maximum atomic E-state index is 11.6. The third-order valence-corrected chi connectivity index (χ3v) is 4.16. The summed E-state index contributed by atoms with van der Waals surface area (Å²) in [7, 11) is -0.422. The molecule has 0 rings (SSSR count). The Bertz CT molecular complexity index is 289. The van der Waals surface area contributed by atoms with E-state index in [4.69, 9.17) is 22.7 Å². The summed E-state index contributed by atoms with van der Waals surface area (Å²) in [5.74, 6) is -0.0625. The first-order chi connectivity index (χ1) is 6.33. The predicted octanol–water partition coefficient (Wildman–Crippen LogP) is -0.431. The Morgan fingerprint density at radius 2 is 2.14 bits per heavy atom. The molecular formula is C7H16N2O3S2. The van der Waals surface area contributed by atoms with Crippen molar-refractivity contribution in [2.75, 3.05) is 26.5 Å². The Balaban J connectivity index is 4.50. The molecule has 5 nitrogen and oxygen atoms in total. The average Bonchev–Trinajstić information content (AvgIpc) is 2.12. The number of ether oxygens (including phenoxy) is 1. The third kappa shape index (κ3) is 3.87. The van der Waals surface area contributed by atoms with E-state index in [0.29, 0.717) is 0 Å². The Labute approximate surface area is 90.3 Å². The monoisotopic (exact) mass is 240 g/mol. The van der Waals surface area contributed by atoms with Gasteiger partial charge in [-0.3, -0.25) is 0 Å². The molecule has 0 aromatic rings. The number of hydrogen-bond acceptors (Lipinski definition) is 4. The lowest BCUT2D eigenvalue weighted by Crippen LogP contribution is -2.44. The molecule has 0 spiro atoms. The number of thiocarbonyl (C=S) groups is 1. The lowest BCUT2D eigenvalue weighted by atomic mass is 10.3. The molecule has 0 bridgehead atoms. The molecule has 0 aromatic heterocycles. The van der Waals surface area contributed by atoms with Crippen LogP contribution in [0.2, 0.25) is 0 Å². The van der Waals surface area contributed by atoms with Crippen LogP contribution in [0.4, 0.5) is 0 Å². The summed E-state index contributed by atoms with van der Waals surface area (Å²) in [6, 6.07) is -0.466. The highest BCUT2D eigenvalue weighted by molar-refractivity contribution is 7.89. The first-order valence-electron chi connectivity index (χ1n) is 4.07. The molecule has 7 heteroatoms. The Kier molecular flexibility index (Phi) is 5.50. The third-order valence-electron chi connectivity index (χ3n) is 1.94. The number of likely N-dealkylation sites (N-methyl/N-ethyl adjacent to an activating group) is 1. The molecule has 0 aliphatic rings. The van der Waals surface area contributed by atoms with E-state index in [2.05, 4.69) is 0 Å². The number of sulfonamides is 1. The second-order valence-electron chi connectivity index (χ2n) is 2.90. The zero-order chi connectivity index (χ0) is 11.4. The van der Waals surface area contributed by atoms with Gasteiger partial charge in [0.25, 0.3) is 0 Å². The van der Waals surface area contributed by atoms with Crippen molar-refractivity contribution in [2.24, 2.45) is 5.73 Å². The molecule has 0 saturated heterocycles. The van der Waals surface area contributed by atoms with Crippen molar-refractivity contribution >= 4 is 27.2 Å². The molecular weight excluding hydrogens is 224 g/mol. The quantitative estimate of drug-likeness (QED) is 0.638. The van der Waals surface area contributed by atoms with Crippen LogP contribution in [0.15, 0.2) is 0 Å². The van der Waals surface area contributed by atoms with Crippen molar-refractivity contribution in [3.05, 3.63) is 0 Å². The number of rotatable bonds is 6. The maximum absolute atomic E-state index is 11.6. The fourth-order valence-electron chi connectivity index (χ4n) is 0.753. The molecule has 0 radical (unpaired) electrons.